The van der Waals surface area contributed by atoms with Crippen LogP contribution in [0.25, 0.3) is 11.1 Å². The molecule has 1 heterocycles. The summed E-state index contributed by atoms with van der Waals surface area (Å²) in [5, 5.41) is 6.87. The van der Waals surface area contributed by atoms with E-state index in [0.29, 0.717) is 6.04 Å². The van der Waals surface area contributed by atoms with E-state index in [1.807, 2.05) is 24.4 Å². The van der Waals surface area contributed by atoms with Gasteiger partial charge in [0.05, 0.1) is 26.5 Å². The summed E-state index contributed by atoms with van der Waals surface area (Å²) in [7, 11) is 3.32. The van der Waals surface area contributed by atoms with E-state index in [1.54, 1.807) is 14.2 Å². The number of hydrazone groups is 1. The largest absolute Gasteiger partial charge is 0.497 e. The van der Waals surface area contributed by atoms with Crippen molar-refractivity contribution in [1.82, 2.24) is 9.91 Å². The van der Waals surface area contributed by atoms with Gasteiger partial charge in [0, 0.05) is 37.8 Å². The van der Waals surface area contributed by atoms with Crippen LogP contribution in [-0.2, 0) is 0 Å². The number of methoxy groups -OCH3 is 2. The highest BCUT2D eigenvalue weighted by Gasteiger charge is 2.33. The number of benzene rings is 3. The summed E-state index contributed by atoms with van der Waals surface area (Å²) in [5.41, 5.74) is 6.53. The van der Waals surface area contributed by atoms with Crippen LogP contribution in [0.4, 0.5) is 0 Å². The molecule has 31 heavy (non-hydrogen) atoms. The second-order valence-corrected chi connectivity index (χ2v) is 7.92. The van der Waals surface area contributed by atoms with Crippen LogP contribution >= 0.6 is 0 Å². The first-order valence-electron chi connectivity index (χ1n) is 10.7. The van der Waals surface area contributed by atoms with E-state index in [0.717, 1.165) is 43.2 Å². The number of rotatable bonds is 5. The highest BCUT2D eigenvalue weighted by atomic mass is 16.5. The SMILES string of the molecule is COc1ccc(C=NN2CCN(C3c4ccccc4-c4ccccc43)CC2)c(OC)c1. The number of fused-ring (bicyclic) bond motifs is 3. The number of hydrogen-bond donors (Lipinski definition) is 0. The molecule has 5 nitrogen and oxygen atoms in total. The van der Waals surface area contributed by atoms with Gasteiger partial charge in [-0.3, -0.25) is 9.91 Å². The molecule has 5 heteroatoms. The van der Waals surface area contributed by atoms with Crippen LogP contribution in [-0.4, -0.2) is 56.5 Å². The van der Waals surface area contributed by atoms with Crippen molar-refractivity contribution in [3.05, 3.63) is 83.4 Å². The van der Waals surface area contributed by atoms with Gasteiger partial charge in [0.25, 0.3) is 0 Å². The molecule has 2 aliphatic rings. The van der Waals surface area contributed by atoms with Gasteiger partial charge in [-0.25, -0.2) is 0 Å². The third kappa shape index (κ3) is 3.66. The molecule has 3 aromatic rings. The fourth-order valence-corrected chi connectivity index (χ4v) is 4.68. The van der Waals surface area contributed by atoms with Crippen LogP contribution in [0.5, 0.6) is 11.5 Å². The van der Waals surface area contributed by atoms with Crippen molar-refractivity contribution >= 4 is 6.21 Å². The van der Waals surface area contributed by atoms with Crippen molar-refractivity contribution in [3.63, 3.8) is 0 Å². The summed E-state index contributed by atoms with van der Waals surface area (Å²) in [5.74, 6) is 1.54. The first-order chi connectivity index (χ1) is 15.3. The summed E-state index contributed by atoms with van der Waals surface area (Å²) in [6.45, 7) is 3.75. The minimum absolute atomic E-state index is 0.334. The highest BCUT2D eigenvalue weighted by molar-refractivity contribution is 5.83. The van der Waals surface area contributed by atoms with E-state index < -0.39 is 0 Å². The number of hydrogen-bond acceptors (Lipinski definition) is 5. The molecule has 0 radical (unpaired) electrons. The Morgan fingerprint density at radius 3 is 2.06 bits per heavy atom. The van der Waals surface area contributed by atoms with Crippen LogP contribution in [0.2, 0.25) is 0 Å². The molecular formula is C26H27N3O2. The lowest BCUT2D eigenvalue weighted by Crippen LogP contribution is -2.45. The molecule has 0 amide bonds. The summed E-state index contributed by atoms with van der Waals surface area (Å²) in [6.07, 6.45) is 1.88. The standard InChI is InChI=1S/C26H27N3O2/c1-30-20-12-11-19(25(17-20)31-2)18-27-29-15-13-28(14-16-29)26-23-9-5-3-7-21(23)22-8-4-6-10-24(22)26/h3-12,17-18,26H,13-16H2,1-2H3. The third-order valence-corrected chi connectivity index (χ3v) is 6.26. The van der Waals surface area contributed by atoms with E-state index in [9.17, 15) is 0 Å². The quantitative estimate of drug-likeness (QED) is 0.580. The molecule has 0 unspecified atom stereocenters. The van der Waals surface area contributed by atoms with Crippen molar-refractivity contribution < 1.29 is 9.47 Å². The molecule has 0 bridgehead atoms. The maximum absolute atomic E-state index is 5.48. The average molecular weight is 414 g/mol. The van der Waals surface area contributed by atoms with Crippen molar-refractivity contribution in [2.45, 2.75) is 6.04 Å². The molecule has 0 aromatic heterocycles. The van der Waals surface area contributed by atoms with Crippen molar-refractivity contribution in [3.8, 4) is 22.6 Å². The minimum atomic E-state index is 0.334. The van der Waals surface area contributed by atoms with E-state index >= 15 is 0 Å². The Hall–Kier alpha value is -3.31. The van der Waals surface area contributed by atoms with Gasteiger partial charge in [-0.15, -0.1) is 0 Å². The molecule has 0 atom stereocenters. The topological polar surface area (TPSA) is 37.3 Å². The lowest BCUT2D eigenvalue weighted by Gasteiger charge is -2.37. The van der Waals surface area contributed by atoms with Crippen molar-refractivity contribution in [1.29, 1.82) is 0 Å². The molecule has 0 N–H and O–H groups in total. The van der Waals surface area contributed by atoms with Crippen LogP contribution in [0.15, 0.2) is 71.8 Å². The predicted octanol–water partition coefficient (Wildman–Crippen LogP) is 4.43. The summed E-state index contributed by atoms with van der Waals surface area (Å²) >= 11 is 0. The Morgan fingerprint density at radius 2 is 1.45 bits per heavy atom. The normalized spacial score (nSPS) is 16.4. The zero-order valence-electron chi connectivity index (χ0n) is 18.0. The molecule has 3 aromatic carbocycles. The maximum Gasteiger partial charge on any atom is 0.131 e. The Labute approximate surface area is 183 Å². The lowest BCUT2D eigenvalue weighted by atomic mass is 10.0. The van der Waals surface area contributed by atoms with Gasteiger partial charge >= 0.3 is 0 Å². The molecule has 1 saturated heterocycles. The van der Waals surface area contributed by atoms with E-state index in [2.05, 4.69) is 58.4 Å². The smallest absolute Gasteiger partial charge is 0.131 e. The predicted molar refractivity (Wildman–Crippen MR) is 124 cm³/mol. The number of nitrogens with zero attached hydrogens (tertiary/aromatic N) is 3. The van der Waals surface area contributed by atoms with Crippen LogP contribution < -0.4 is 9.47 Å². The number of piperazine rings is 1. The van der Waals surface area contributed by atoms with Crippen molar-refractivity contribution in [2.75, 3.05) is 40.4 Å². The van der Waals surface area contributed by atoms with Crippen LogP contribution in [0.1, 0.15) is 22.7 Å². The Balaban J connectivity index is 1.30. The van der Waals surface area contributed by atoms with Gasteiger partial charge in [0.15, 0.2) is 0 Å². The summed E-state index contributed by atoms with van der Waals surface area (Å²) in [4.78, 5) is 2.59. The Morgan fingerprint density at radius 1 is 0.806 bits per heavy atom. The van der Waals surface area contributed by atoms with Gasteiger partial charge in [-0.1, -0.05) is 48.5 Å². The molecule has 0 saturated carbocycles. The summed E-state index contributed by atoms with van der Waals surface area (Å²) < 4.78 is 10.8. The van der Waals surface area contributed by atoms with Gasteiger partial charge < -0.3 is 9.47 Å². The molecule has 0 spiro atoms. The van der Waals surface area contributed by atoms with Gasteiger partial charge in [-0.2, -0.15) is 5.10 Å². The number of ether oxygens (including phenoxy) is 2. The highest BCUT2D eigenvalue weighted by Crippen LogP contribution is 2.46. The second-order valence-electron chi connectivity index (χ2n) is 7.92. The molecule has 5 rings (SSSR count). The first-order valence-corrected chi connectivity index (χ1v) is 10.7. The molecular weight excluding hydrogens is 386 g/mol. The zero-order valence-corrected chi connectivity index (χ0v) is 18.0. The van der Waals surface area contributed by atoms with E-state index in [-0.39, 0.29) is 0 Å². The maximum atomic E-state index is 5.48. The molecule has 1 aliphatic carbocycles. The zero-order chi connectivity index (χ0) is 21.2. The van der Waals surface area contributed by atoms with Gasteiger partial charge in [0.1, 0.15) is 11.5 Å². The molecule has 158 valence electrons. The van der Waals surface area contributed by atoms with E-state index in [1.165, 1.54) is 22.3 Å². The van der Waals surface area contributed by atoms with Crippen molar-refractivity contribution in [2.24, 2.45) is 5.10 Å². The lowest BCUT2D eigenvalue weighted by molar-refractivity contribution is 0.114. The fraction of sp³-hybridized carbons (Fsp3) is 0.269. The summed E-state index contributed by atoms with van der Waals surface area (Å²) in [6, 6.07) is 23.8. The minimum Gasteiger partial charge on any atom is -0.497 e. The Bertz CT molecular complexity index is 1060. The Kier molecular flexibility index (Phi) is 5.35. The average Bonchev–Trinajstić information content (AvgIpc) is 3.17. The van der Waals surface area contributed by atoms with Crippen LogP contribution in [0.3, 0.4) is 0 Å². The molecule has 1 fully saturated rings. The van der Waals surface area contributed by atoms with Gasteiger partial charge in [0.2, 0.25) is 0 Å². The van der Waals surface area contributed by atoms with E-state index in [4.69, 9.17) is 14.6 Å². The second kappa shape index (κ2) is 8.44. The van der Waals surface area contributed by atoms with Crippen LogP contribution in [0, 0.1) is 0 Å². The fourth-order valence-electron chi connectivity index (χ4n) is 4.68. The first kappa shape index (κ1) is 19.6. The molecule has 1 aliphatic heterocycles. The monoisotopic (exact) mass is 413 g/mol. The third-order valence-electron chi connectivity index (χ3n) is 6.26. The van der Waals surface area contributed by atoms with Gasteiger partial charge in [-0.05, 0) is 34.4 Å².